The van der Waals surface area contributed by atoms with Gasteiger partial charge in [-0.05, 0) is 110 Å². The molecule has 12 unspecified atom stereocenters. The second kappa shape index (κ2) is 30.6. The Bertz CT molecular complexity index is 2890. The first kappa shape index (κ1) is 65.1. The Morgan fingerprint density at radius 2 is 1.27 bits per heavy atom. The smallest absolute Gasteiger partial charge is 0.251 e. The number of rotatable bonds is 19. The minimum atomic E-state index is -1.85. The van der Waals surface area contributed by atoms with Crippen LogP contribution in [0.2, 0.25) is 0 Å². The van der Waals surface area contributed by atoms with Gasteiger partial charge in [0.2, 0.25) is 35.4 Å². The molecule has 3 heterocycles. The first-order valence-corrected chi connectivity index (χ1v) is 29.6. The molecular weight excluding hydrogens is 1090 g/mol. The van der Waals surface area contributed by atoms with Gasteiger partial charge in [0.25, 0.3) is 5.91 Å². The number of carbonyl (C=O) groups excluding carboxylic acids is 7. The largest absolute Gasteiger partial charge is 0.508 e. The van der Waals surface area contributed by atoms with E-state index in [1.807, 2.05) is 74.4 Å². The zero-order valence-corrected chi connectivity index (χ0v) is 49.4. The van der Waals surface area contributed by atoms with E-state index in [4.69, 9.17) is 4.74 Å². The fourth-order valence-corrected chi connectivity index (χ4v) is 11.0. The molecule has 22 nitrogen and oxygen atoms in total. The summed E-state index contributed by atoms with van der Waals surface area (Å²) < 4.78 is 5.88. The standard InChI is InChI=1S/C63H85N9O13/c1-7-9-10-29-85-47-25-21-43(22-26-47)41-15-13-40(14-16-41)42-17-19-44(20-18-42)57(78)66-49-33-53(76)50(34-64-27-28-70(5)6)67-59(80)51-30-37(3)35-71(51)63(84)55(38(4)73)68-61(82)56(54(77)31-39-11-23-45(74)24-12-39)69-60(81)52-32-46(75)36-72(52)62(83)48(8-2)65-58(49)79/h11-26,37-38,46,48-56,64,73-77H,7-10,27-36H2,1-6H3,(H,65,79)(H,66,78)(H,67,80)(H,68,82)(H,69,81). The van der Waals surface area contributed by atoms with Crippen molar-refractivity contribution in [2.45, 2.75) is 146 Å². The van der Waals surface area contributed by atoms with Crippen molar-refractivity contribution in [2.24, 2.45) is 5.92 Å². The molecule has 0 saturated carbocycles. The van der Waals surface area contributed by atoms with Gasteiger partial charge in [0, 0.05) is 57.5 Å². The summed E-state index contributed by atoms with van der Waals surface area (Å²) in [4.78, 5) is 106. The molecule has 4 aromatic carbocycles. The number of carbonyl (C=O) groups is 7. The summed E-state index contributed by atoms with van der Waals surface area (Å²) in [6, 6.07) is 18.0. The lowest BCUT2D eigenvalue weighted by atomic mass is 9.98. The highest BCUT2D eigenvalue weighted by atomic mass is 16.5. The molecule has 7 rings (SSSR count). The van der Waals surface area contributed by atoms with Crippen LogP contribution >= 0.6 is 0 Å². The summed E-state index contributed by atoms with van der Waals surface area (Å²) in [5.41, 5.74) is 4.30. The molecule has 3 fully saturated rings. The van der Waals surface area contributed by atoms with Gasteiger partial charge in [0.1, 0.15) is 47.8 Å². The van der Waals surface area contributed by atoms with Crippen molar-refractivity contribution in [1.82, 2.24) is 46.6 Å². The number of hydrogen-bond donors (Lipinski definition) is 11. The van der Waals surface area contributed by atoms with Crippen LogP contribution in [-0.2, 0) is 35.2 Å². The van der Waals surface area contributed by atoms with E-state index in [0.29, 0.717) is 25.3 Å². The monoisotopic (exact) mass is 1180 g/mol. The van der Waals surface area contributed by atoms with E-state index < -0.39 is 114 Å². The lowest BCUT2D eigenvalue weighted by Crippen LogP contribution is -2.63. The first-order valence-electron chi connectivity index (χ1n) is 29.6. The number of aliphatic hydroxyl groups is 4. The second-order valence-electron chi connectivity index (χ2n) is 23.0. The van der Waals surface area contributed by atoms with Gasteiger partial charge in [-0.3, -0.25) is 33.6 Å². The maximum Gasteiger partial charge on any atom is 0.251 e. The highest BCUT2D eigenvalue weighted by Gasteiger charge is 2.46. The molecular formula is C63H85N9O13. The van der Waals surface area contributed by atoms with Crippen LogP contribution in [0.15, 0.2) is 97.1 Å². The predicted molar refractivity (Wildman–Crippen MR) is 319 cm³/mol. The Balaban J connectivity index is 1.19. The number of nitrogens with one attached hydrogen (secondary N) is 6. The maximum absolute atomic E-state index is 14.8. The number of nitrogens with zero attached hydrogens (tertiary/aromatic N) is 3. The van der Waals surface area contributed by atoms with Crippen LogP contribution in [0.1, 0.15) is 88.6 Å². The maximum atomic E-state index is 14.8. The number of aliphatic hydroxyl groups excluding tert-OH is 4. The highest BCUT2D eigenvalue weighted by Crippen LogP contribution is 2.29. The molecule has 0 aromatic heterocycles. The Labute approximate surface area is 497 Å². The molecule has 4 aromatic rings. The summed E-state index contributed by atoms with van der Waals surface area (Å²) in [6.45, 7) is 8.07. The minimum Gasteiger partial charge on any atom is -0.508 e. The molecule has 0 bridgehead atoms. The van der Waals surface area contributed by atoms with E-state index in [9.17, 15) is 59.1 Å². The number of phenols is 1. The number of aromatic hydroxyl groups is 1. The zero-order valence-electron chi connectivity index (χ0n) is 49.4. The van der Waals surface area contributed by atoms with Crippen molar-refractivity contribution < 1.29 is 63.8 Å². The third-order valence-corrected chi connectivity index (χ3v) is 15.9. The molecule has 22 heteroatoms. The topological polar surface area (TPSA) is 312 Å². The normalized spacial score (nSPS) is 25.4. The Hall–Kier alpha value is -7.47. The Morgan fingerprint density at radius 3 is 1.87 bits per heavy atom. The van der Waals surface area contributed by atoms with Crippen LogP contribution < -0.4 is 36.6 Å². The van der Waals surface area contributed by atoms with Crippen molar-refractivity contribution >= 4 is 41.4 Å². The number of benzene rings is 4. The van der Waals surface area contributed by atoms with E-state index in [2.05, 4.69) is 38.8 Å². The fraction of sp³-hybridized carbons (Fsp3) is 0.508. The number of phenolic OH excluding ortho intramolecular Hbond substituents is 1. The quantitative estimate of drug-likeness (QED) is 0.0597. The molecule has 0 radical (unpaired) electrons. The molecule has 3 saturated heterocycles. The van der Waals surface area contributed by atoms with Gasteiger partial charge in [0.05, 0.1) is 37.1 Å². The fourth-order valence-electron chi connectivity index (χ4n) is 11.0. The zero-order chi connectivity index (χ0) is 61.5. The van der Waals surface area contributed by atoms with E-state index in [-0.39, 0.29) is 62.5 Å². The number of fused-ring (bicyclic) bond motifs is 2. The van der Waals surface area contributed by atoms with Crippen molar-refractivity contribution in [1.29, 1.82) is 0 Å². The number of ether oxygens (including phenoxy) is 1. The van der Waals surface area contributed by atoms with Crippen LogP contribution in [0.3, 0.4) is 0 Å². The predicted octanol–water partition coefficient (Wildman–Crippen LogP) is 1.84. The molecule has 3 aliphatic rings. The Morgan fingerprint density at radius 1 is 0.694 bits per heavy atom. The highest BCUT2D eigenvalue weighted by molar-refractivity contribution is 6.00. The van der Waals surface area contributed by atoms with Gasteiger partial charge >= 0.3 is 0 Å². The average molecular weight is 1180 g/mol. The van der Waals surface area contributed by atoms with Gasteiger partial charge in [-0.2, -0.15) is 0 Å². The average Bonchev–Trinajstić information content (AvgIpc) is 4.19. The van der Waals surface area contributed by atoms with Crippen molar-refractivity contribution in [3.05, 3.63) is 108 Å². The third kappa shape index (κ3) is 17.6. The summed E-state index contributed by atoms with van der Waals surface area (Å²) in [5, 5.41) is 72.7. The molecule has 7 amide bonds. The van der Waals surface area contributed by atoms with Gasteiger partial charge in [-0.25, -0.2) is 0 Å². The van der Waals surface area contributed by atoms with Crippen LogP contribution in [0.25, 0.3) is 22.3 Å². The van der Waals surface area contributed by atoms with E-state index in [1.54, 1.807) is 31.2 Å². The number of likely N-dealkylation sites (N-methyl/N-ethyl adjacent to an activating group) is 1. The Kier molecular flexibility index (Phi) is 23.4. The van der Waals surface area contributed by atoms with E-state index in [1.165, 1.54) is 36.1 Å². The molecule has 3 aliphatic heterocycles. The molecule has 11 N–H and O–H groups in total. The SMILES string of the molecule is CCCCCOc1ccc(-c2ccc(-c3ccc(C(=O)NC4CC(O)C(CNCCN(C)C)NC(=O)C5CC(C)CN5C(=O)C(C(C)O)NC(=O)C(C(O)Cc5ccc(O)cc5)NC(=O)C5CC(O)CN5C(=O)C(CC)NC4=O)cc3)cc2)cc1. The summed E-state index contributed by atoms with van der Waals surface area (Å²) >= 11 is 0. The molecule has 0 aliphatic carbocycles. The minimum absolute atomic E-state index is 0.0206. The van der Waals surface area contributed by atoms with Crippen LogP contribution in [0, 0.1) is 5.92 Å². The summed E-state index contributed by atoms with van der Waals surface area (Å²) in [7, 11) is 3.74. The van der Waals surface area contributed by atoms with Crippen molar-refractivity contribution in [3.63, 3.8) is 0 Å². The van der Waals surface area contributed by atoms with E-state index >= 15 is 0 Å². The first-order chi connectivity index (χ1) is 40.6. The van der Waals surface area contributed by atoms with Gasteiger partial charge < -0.3 is 76.9 Å². The van der Waals surface area contributed by atoms with Gasteiger partial charge in [-0.1, -0.05) is 94.3 Å². The van der Waals surface area contributed by atoms with E-state index in [0.717, 1.165) is 52.2 Å². The number of unbranched alkanes of at least 4 members (excludes halogenated alkanes) is 2. The number of amides is 7. The van der Waals surface area contributed by atoms with Crippen LogP contribution in [-0.4, -0.2) is 202 Å². The lowest BCUT2D eigenvalue weighted by Gasteiger charge is -2.33. The van der Waals surface area contributed by atoms with Crippen molar-refractivity contribution in [2.75, 3.05) is 53.4 Å². The van der Waals surface area contributed by atoms with Crippen LogP contribution in [0.4, 0.5) is 0 Å². The molecule has 0 spiro atoms. The number of hydrogen-bond acceptors (Lipinski definition) is 15. The van der Waals surface area contributed by atoms with Gasteiger partial charge in [-0.15, -0.1) is 0 Å². The summed E-state index contributed by atoms with van der Waals surface area (Å²) in [5.74, 6) is -5.54. The second-order valence-corrected chi connectivity index (χ2v) is 23.0. The summed E-state index contributed by atoms with van der Waals surface area (Å²) in [6.07, 6.45) is -3.84. The van der Waals surface area contributed by atoms with Crippen molar-refractivity contribution in [3.8, 4) is 33.8 Å². The third-order valence-electron chi connectivity index (χ3n) is 15.9. The van der Waals surface area contributed by atoms with Gasteiger partial charge in [0.15, 0.2) is 0 Å². The molecule has 12 atom stereocenters. The molecule has 460 valence electrons. The lowest BCUT2D eigenvalue weighted by molar-refractivity contribution is -0.145. The molecule has 85 heavy (non-hydrogen) atoms. The van der Waals surface area contributed by atoms with Crippen LogP contribution in [0.5, 0.6) is 11.5 Å².